The van der Waals surface area contributed by atoms with Crippen molar-refractivity contribution in [3.63, 3.8) is 0 Å². The van der Waals surface area contributed by atoms with Gasteiger partial charge in [0.1, 0.15) is 6.54 Å². The molecule has 1 heterocycles. The Morgan fingerprint density at radius 2 is 1.87 bits per heavy atom. The van der Waals surface area contributed by atoms with Gasteiger partial charge in [0.05, 0.1) is 21.2 Å². The number of hydrogen-bond donors (Lipinski definition) is 0. The van der Waals surface area contributed by atoms with E-state index in [1.165, 1.54) is 24.3 Å². The van der Waals surface area contributed by atoms with Crippen LogP contribution in [0.5, 0.6) is 0 Å². The van der Waals surface area contributed by atoms with E-state index in [0.717, 1.165) is 25.0 Å². The second-order valence-electron chi connectivity index (χ2n) is 7.58. The number of piperidine rings is 1. The average molecular weight is 475 g/mol. The molecule has 1 fully saturated rings. The average Bonchev–Trinajstić information content (AvgIpc) is 2.72. The lowest BCUT2D eigenvalue weighted by Crippen LogP contribution is -2.46. The van der Waals surface area contributed by atoms with Gasteiger partial charge in [0, 0.05) is 13.1 Å². The maximum Gasteiger partial charge on any atom is 0.416 e. The highest BCUT2D eigenvalue weighted by Gasteiger charge is 2.35. The van der Waals surface area contributed by atoms with Gasteiger partial charge in [-0.05, 0) is 49.1 Å². The van der Waals surface area contributed by atoms with Crippen LogP contribution in [0.15, 0.2) is 53.4 Å². The molecule has 1 aliphatic rings. The second-order valence-corrected chi connectivity index (χ2v) is 9.85. The summed E-state index contributed by atoms with van der Waals surface area (Å²) in [5, 5.41) is -0.202. The van der Waals surface area contributed by atoms with E-state index in [-0.39, 0.29) is 15.8 Å². The van der Waals surface area contributed by atoms with Crippen molar-refractivity contribution in [1.29, 1.82) is 0 Å². The molecule has 2 aromatic carbocycles. The van der Waals surface area contributed by atoms with Crippen molar-refractivity contribution in [1.82, 2.24) is 4.90 Å². The highest BCUT2D eigenvalue weighted by molar-refractivity contribution is 7.92. The summed E-state index contributed by atoms with van der Waals surface area (Å²) in [6.07, 6.45) is -2.97. The van der Waals surface area contributed by atoms with Gasteiger partial charge in [-0.25, -0.2) is 8.42 Å². The first kappa shape index (κ1) is 23.4. The molecule has 0 radical (unpaired) electrons. The topological polar surface area (TPSA) is 57.7 Å². The molecule has 31 heavy (non-hydrogen) atoms. The molecule has 0 aliphatic carbocycles. The van der Waals surface area contributed by atoms with Crippen molar-refractivity contribution in [3.05, 3.63) is 59.1 Å². The maximum atomic E-state index is 13.3. The summed E-state index contributed by atoms with van der Waals surface area (Å²) >= 11 is 6.13. The first-order chi connectivity index (χ1) is 14.5. The van der Waals surface area contributed by atoms with Crippen LogP contribution in [0.25, 0.3) is 0 Å². The molecule has 1 aliphatic heterocycles. The Morgan fingerprint density at radius 1 is 1.19 bits per heavy atom. The fraction of sp³-hybridized carbons (Fsp3) is 0.381. The molecule has 3 rings (SSSR count). The highest BCUT2D eigenvalue weighted by Crippen LogP contribution is 2.37. The number of alkyl halides is 3. The second kappa shape index (κ2) is 9.08. The first-order valence-electron chi connectivity index (χ1n) is 9.72. The number of carbonyl (C=O) groups is 1. The molecule has 0 aromatic heterocycles. The lowest BCUT2D eigenvalue weighted by molar-refractivity contribution is -0.137. The van der Waals surface area contributed by atoms with Crippen molar-refractivity contribution in [3.8, 4) is 0 Å². The molecule has 1 amide bonds. The van der Waals surface area contributed by atoms with Crippen molar-refractivity contribution in [2.75, 3.05) is 23.9 Å². The minimum Gasteiger partial charge on any atom is -0.341 e. The monoisotopic (exact) mass is 474 g/mol. The number of benzene rings is 2. The fourth-order valence-corrected chi connectivity index (χ4v) is 5.25. The molecule has 10 heteroatoms. The van der Waals surface area contributed by atoms with Crippen LogP contribution in [0.2, 0.25) is 5.02 Å². The number of hydrogen-bond acceptors (Lipinski definition) is 3. The molecule has 2 aromatic rings. The lowest BCUT2D eigenvalue weighted by atomic mass is 10.0. The number of halogens is 4. The Hall–Kier alpha value is -2.26. The van der Waals surface area contributed by atoms with Crippen LogP contribution >= 0.6 is 11.6 Å². The van der Waals surface area contributed by atoms with Crippen LogP contribution in [0.3, 0.4) is 0 Å². The molecule has 0 saturated carbocycles. The number of amides is 1. The van der Waals surface area contributed by atoms with Gasteiger partial charge in [-0.1, -0.05) is 36.7 Å². The predicted molar refractivity (Wildman–Crippen MR) is 112 cm³/mol. The summed E-state index contributed by atoms with van der Waals surface area (Å²) in [7, 11) is -4.35. The van der Waals surface area contributed by atoms with Crippen LogP contribution in [-0.2, 0) is 21.0 Å². The zero-order chi connectivity index (χ0) is 22.8. The third kappa shape index (κ3) is 5.33. The normalized spacial score (nSPS) is 17.5. The van der Waals surface area contributed by atoms with Crippen LogP contribution in [-0.4, -0.2) is 38.9 Å². The van der Waals surface area contributed by atoms with E-state index in [1.54, 1.807) is 11.0 Å². The van der Waals surface area contributed by atoms with Gasteiger partial charge in [-0.3, -0.25) is 9.10 Å². The number of anilines is 1. The Bertz CT molecular complexity index is 1050. The molecular weight excluding hydrogens is 453 g/mol. The van der Waals surface area contributed by atoms with Crippen molar-refractivity contribution in [2.24, 2.45) is 5.92 Å². The van der Waals surface area contributed by atoms with Gasteiger partial charge in [-0.2, -0.15) is 13.2 Å². The number of likely N-dealkylation sites (tertiary alicyclic amines) is 1. The van der Waals surface area contributed by atoms with Gasteiger partial charge in [0.25, 0.3) is 10.0 Å². The molecule has 168 valence electrons. The van der Waals surface area contributed by atoms with E-state index in [2.05, 4.69) is 0 Å². The largest absolute Gasteiger partial charge is 0.416 e. The van der Waals surface area contributed by atoms with Crippen LogP contribution in [0, 0.1) is 5.92 Å². The summed E-state index contributed by atoms with van der Waals surface area (Å²) in [6.45, 7) is 2.28. The summed E-state index contributed by atoms with van der Waals surface area (Å²) in [5.41, 5.74) is -1.45. The van der Waals surface area contributed by atoms with E-state index in [0.29, 0.717) is 23.5 Å². The molecule has 5 nitrogen and oxygen atoms in total. The quantitative estimate of drug-likeness (QED) is 0.624. The summed E-state index contributed by atoms with van der Waals surface area (Å²) in [4.78, 5) is 14.3. The first-order valence-corrected chi connectivity index (χ1v) is 11.5. The smallest absolute Gasteiger partial charge is 0.341 e. The van der Waals surface area contributed by atoms with Gasteiger partial charge in [0.2, 0.25) is 5.91 Å². The van der Waals surface area contributed by atoms with E-state index >= 15 is 0 Å². The lowest BCUT2D eigenvalue weighted by Gasteiger charge is -2.33. The maximum absolute atomic E-state index is 13.3. The minimum atomic E-state index is -4.70. The van der Waals surface area contributed by atoms with E-state index in [4.69, 9.17) is 11.6 Å². The zero-order valence-electron chi connectivity index (χ0n) is 16.8. The van der Waals surface area contributed by atoms with Crippen LogP contribution in [0.4, 0.5) is 18.9 Å². The third-order valence-electron chi connectivity index (χ3n) is 5.16. The summed E-state index contributed by atoms with van der Waals surface area (Å²) in [6, 6.07) is 9.65. The third-order valence-corrected chi connectivity index (χ3v) is 7.26. The standard InChI is InChI=1S/C21H22ClF3N2O3S/c1-15-6-5-11-26(13-15)20(28)14-27(31(29,30)17-7-3-2-4-8-17)19-12-16(21(23,24)25)9-10-18(19)22/h2-4,7-10,12,15H,5-6,11,13-14H2,1H3. The summed E-state index contributed by atoms with van der Waals surface area (Å²) in [5.74, 6) is -0.228. The molecular formula is C21H22ClF3N2O3S. The number of nitrogens with zero attached hydrogens (tertiary/aromatic N) is 2. The van der Waals surface area contributed by atoms with E-state index < -0.39 is 39.9 Å². The Balaban J connectivity index is 2.06. The fourth-order valence-electron chi connectivity index (χ4n) is 3.54. The molecule has 1 unspecified atom stereocenters. The minimum absolute atomic E-state index is 0.150. The number of carbonyl (C=O) groups excluding carboxylic acids is 1. The van der Waals surface area contributed by atoms with E-state index in [1.807, 2.05) is 6.92 Å². The molecule has 0 bridgehead atoms. The van der Waals surface area contributed by atoms with E-state index in [9.17, 15) is 26.4 Å². The van der Waals surface area contributed by atoms with Gasteiger partial charge < -0.3 is 4.90 Å². The molecule has 1 atom stereocenters. The SMILES string of the molecule is CC1CCCN(C(=O)CN(c2cc(C(F)(F)F)ccc2Cl)S(=O)(=O)c2ccccc2)C1. The molecule has 0 N–H and O–H groups in total. The Morgan fingerprint density at radius 3 is 2.48 bits per heavy atom. The van der Waals surface area contributed by atoms with Gasteiger partial charge in [-0.15, -0.1) is 0 Å². The predicted octanol–water partition coefficient (Wildman–Crippen LogP) is 4.81. The van der Waals surface area contributed by atoms with Crippen molar-refractivity contribution < 1.29 is 26.4 Å². The zero-order valence-corrected chi connectivity index (χ0v) is 18.3. The summed E-state index contributed by atoms with van der Waals surface area (Å²) < 4.78 is 67.2. The number of sulfonamides is 1. The number of rotatable bonds is 5. The molecule has 1 saturated heterocycles. The van der Waals surface area contributed by atoms with Crippen molar-refractivity contribution >= 4 is 33.2 Å². The Labute approximate surface area is 184 Å². The van der Waals surface area contributed by atoms with Crippen molar-refractivity contribution in [2.45, 2.75) is 30.8 Å². The van der Waals surface area contributed by atoms with Gasteiger partial charge >= 0.3 is 6.18 Å². The van der Waals surface area contributed by atoms with Crippen LogP contribution < -0.4 is 4.31 Å². The molecule has 0 spiro atoms. The van der Waals surface area contributed by atoms with Crippen LogP contribution in [0.1, 0.15) is 25.3 Å². The highest BCUT2D eigenvalue weighted by atomic mass is 35.5. The van der Waals surface area contributed by atoms with Gasteiger partial charge in [0.15, 0.2) is 0 Å². The Kier molecular flexibility index (Phi) is 6.85.